The van der Waals surface area contributed by atoms with Crippen molar-refractivity contribution >= 4 is 44.1 Å². The summed E-state index contributed by atoms with van der Waals surface area (Å²) in [5.74, 6) is 2.28. The SMILES string of the molecule is COc1c(C2=CC(=O)c3c(nc4n3CCC4)C2=O)c(Br)c(OC)c2c1nc1n2CCC1. The first-order chi connectivity index (χ1) is 15.0. The molecule has 31 heavy (non-hydrogen) atoms. The fourth-order valence-electron chi connectivity index (χ4n) is 5.09. The van der Waals surface area contributed by atoms with E-state index in [-0.39, 0.29) is 22.8 Å². The van der Waals surface area contributed by atoms with Crippen molar-refractivity contribution in [3.05, 3.63) is 39.1 Å². The lowest BCUT2D eigenvalue weighted by Gasteiger charge is -2.19. The Morgan fingerprint density at radius 2 is 1.65 bits per heavy atom. The zero-order valence-corrected chi connectivity index (χ0v) is 18.7. The normalized spacial score (nSPS) is 17.1. The minimum atomic E-state index is -0.288. The third-order valence-corrected chi connectivity index (χ3v) is 7.14. The second kappa shape index (κ2) is 6.53. The average molecular weight is 483 g/mol. The predicted octanol–water partition coefficient (Wildman–Crippen LogP) is 3.37. The number of nitrogens with zero attached hydrogens (tertiary/aromatic N) is 4. The fraction of sp³-hybridized carbons (Fsp3) is 0.364. The molecule has 0 radical (unpaired) electrons. The number of aryl methyl sites for hydroxylation is 3. The molecule has 0 unspecified atom stereocenters. The average Bonchev–Trinajstić information content (AvgIpc) is 3.50. The van der Waals surface area contributed by atoms with Crippen LogP contribution in [0.4, 0.5) is 0 Å². The van der Waals surface area contributed by atoms with Gasteiger partial charge in [0.25, 0.3) is 0 Å². The molecular formula is C22H19BrN4O4. The van der Waals surface area contributed by atoms with Crippen LogP contribution in [0.1, 0.15) is 51.0 Å². The van der Waals surface area contributed by atoms with Gasteiger partial charge in [0.15, 0.2) is 11.5 Å². The Balaban J connectivity index is 1.62. The van der Waals surface area contributed by atoms with Gasteiger partial charge in [0, 0.05) is 37.1 Å². The summed E-state index contributed by atoms with van der Waals surface area (Å²) >= 11 is 3.64. The van der Waals surface area contributed by atoms with Gasteiger partial charge in [-0.2, -0.15) is 0 Å². The molecule has 0 saturated heterocycles. The van der Waals surface area contributed by atoms with Crippen molar-refractivity contribution in [1.29, 1.82) is 0 Å². The number of halogens is 1. The van der Waals surface area contributed by atoms with Gasteiger partial charge in [0.05, 0.1) is 18.7 Å². The van der Waals surface area contributed by atoms with E-state index in [4.69, 9.17) is 14.5 Å². The second-order valence-corrected chi connectivity index (χ2v) is 8.76. The number of Topliss-reactive ketones (excluding diaryl/α,β-unsaturated/α-hetero) is 1. The molecule has 0 atom stereocenters. The molecule has 9 heteroatoms. The van der Waals surface area contributed by atoms with Crippen molar-refractivity contribution in [3.8, 4) is 11.5 Å². The Bertz CT molecular complexity index is 1360. The molecule has 2 aromatic heterocycles. The molecule has 0 bridgehead atoms. The summed E-state index contributed by atoms with van der Waals surface area (Å²) in [5.41, 5.74) is 2.79. The highest BCUT2D eigenvalue weighted by Gasteiger charge is 2.38. The highest BCUT2D eigenvalue weighted by atomic mass is 79.9. The number of aromatic nitrogens is 4. The minimum Gasteiger partial charge on any atom is -0.494 e. The molecule has 0 saturated carbocycles. The topological polar surface area (TPSA) is 88.2 Å². The summed E-state index contributed by atoms with van der Waals surface area (Å²) in [5, 5.41) is 0. The van der Waals surface area contributed by atoms with Crippen LogP contribution in [-0.4, -0.2) is 44.9 Å². The van der Waals surface area contributed by atoms with E-state index in [1.165, 1.54) is 6.08 Å². The Kier molecular flexibility index (Phi) is 3.96. The van der Waals surface area contributed by atoms with Crippen LogP contribution in [0.5, 0.6) is 11.5 Å². The van der Waals surface area contributed by atoms with Crippen molar-refractivity contribution < 1.29 is 19.1 Å². The number of ether oxygens (including phenoxy) is 2. The Labute approximate surface area is 186 Å². The molecule has 1 aliphatic carbocycles. The van der Waals surface area contributed by atoms with E-state index < -0.39 is 0 Å². The molecule has 1 aromatic carbocycles. The highest BCUT2D eigenvalue weighted by Crippen LogP contribution is 2.49. The molecule has 8 nitrogen and oxygen atoms in total. The number of carbonyl (C=O) groups is 2. The summed E-state index contributed by atoms with van der Waals surface area (Å²) in [7, 11) is 3.14. The van der Waals surface area contributed by atoms with E-state index in [1.54, 1.807) is 14.2 Å². The van der Waals surface area contributed by atoms with E-state index in [9.17, 15) is 9.59 Å². The molecule has 0 N–H and O–H groups in total. The fourth-order valence-corrected chi connectivity index (χ4v) is 5.83. The number of hydrogen-bond donors (Lipinski definition) is 0. The summed E-state index contributed by atoms with van der Waals surface area (Å²) in [6.45, 7) is 1.56. The first-order valence-electron chi connectivity index (χ1n) is 10.3. The van der Waals surface area contributed by atoms with Gasteiger partial charge in [0.1, 0.15) is 34.1 Å². The van der Waals surface area contributed by atoms with Crippen molar-refractivity contribution in [2.75, 3.05) is 14.2 Å². The summed E-state index contributed by atoms with van der Waals surface area (Å²) in [6.07, 6.45) is 5.00. The number of methoxy groups -OCH3 is 2. The third kappa shape index (κ3) is 2.35. The first-order valence-corrected chi connectivity index (χ1v) is 11.1. The van der Waals surface area contributed by atoms with Gasteiger partial charge in [-0.1, -0.05) is 0 Å². The number of allylic oxidation sites excluding steroid dienone is 2. The number of ketones is 2. The molecule has 0 spiro atoms. The number of benzene rings is 1. The van der Waals surface area contributed by atoms with Crippen molar-refractivity contribution in [2.45, 2.75) is 38.8 Å². The number of imidazole rings is 2. The van der Waals surface area contributed by atoms with E-state index >= 15 is 0 Å². The monoisotopic (exact) mass is 482 g/mol. The summed E-state index contributed by atoms with van der Waals surface area (Å²) in [6, 6.07) is 0. The number of carbonyl (C=O) groups excluding carboxylic acids is 2. The van der Waals surface area contributed by atoms with Gasteiger partial charge >= 0.3 is 0 Å². The minimum absolute atomic E-state index is 0.217. The maximum absolute atomic E-state index is 13.5. The van der Waals surface area contributed by atoms with Gasteiger partial charge in [0.2, 0.25) is 11.6 Å². The number of hydrogen-bond acceptors (Lipinski definition) is 6. The molecule has 158 valence electrons. The zero-order chi connectivity index (χ0) is 21.4. The Morgan fingerprint density at radius 3 is 2.35 bits per heavy atom. The molecule has 6 rings (SSSR count). The summed E-state index contributed by atoms with van der Waals surface area (Å²) < 4.78 is 16.1. The Morgan fingerprint density at radius 1 is 0.968 bits per heavy atom. The van der Waals surface area contributed by atoms with Crippen molar-refractivity contribution in [1.82, 2.24) is 19.1 Å². The Hall–Kier alpha value is -2.94. The van der Waals surface area contributed by atoms with Crippen LogP contribution in [0.25, 0.3) is 16.6 Å². The number of rotatable bonds is 3. The molecule has 0 fully saturated rings. The van der Waals surface area contributed by atoms with Crippen molar-refractivity contribution in [3.63, 3.8) is 0 Å². The molecular weight excluding hydrogens is 464 g/mol. The lowest BCUT2D eigenvalue weighted by Crippen LogP contribution is -2.19. The standard InChI is InChI=1S/C22H19BrN4O4/c1-30-21-14(15(23)22(31-2)19-17(21)25-13-6-4-8-27(13)19)10-9-11(28)18-16(20(10)29)24-12-5-3-7-26(12)18/h9H,3-8H2,1-2H3. The van der Waals surface area contributed by atoms with Crippen LogP contribution in [0, 0.1) is 0 Å². The third-order valence-electron chi connectivity index (χ3n) is 6.38. The molecule has 4 heterocycles. The van der Waals surface area contributed by atoms with Crippen LogP contribution in [0.2, 0.25) is 0 Å². The smallest absolute Gasteiger partial charge is 0.214 e. The largest absolute Gasteiger partial charge is 0.494 e. The van der Waals surface area contributed by atoms with Gasteiger partial charge in [-0.25, -0.2) is 9.97 Å². The highest BCUT2D eigenvalue weighted by molar-refractivity contribution is 9.10. The van der Waals surface area contributed by atoms with Gasteiger partial charge in [-0.05, 0) is 34.8 Å². The van der Waals surface area contributed by atoms with Gasteiger partial charge in [-0.15, -0.1) is 0 Å². The molecule has 3 aromatic rings. The maximum atomic E-state index is 13.5. The van der Waals surface area contributed by atoms with E-state index in [1.807, 2.05) is 4.57 Å². The van der Waals surface area contributed by atoms with Gasteiger partial charge < -0.3 is 18.6 Å². The van der Waals surface area contributed by atoms with Crippen LogP contribution >= 0.6 is 15.9 Å². The van der Waals surface area contributed by atoms with Gasteiger partial charge in [-0.3, -0.25) is 9.59 Å². The molecule has 0 amide bonds. The molecule has 3 aliphatic rings. The lowest BCUT2D eigenvalue weighted by molar-refractivity contribution is 0.0993. The van der Waals surface area contributed by atoms with Crippen LogP contribution < -0.4 is 9.47 Å². The summed E-state index contributed by atoms with van der Waals surface area (Å²) in [4.78, 5) is 35.9. The molecule has 2 aliphatic heterocycles. The quantitative estimate of drug-likeness (QED) is 0.568. The number of fused-ring (bicyclic) bond motifs is 6. The van der Waals surface area contributed by atoms with Crippen LogP contribution in [0.3, 0.4) is 0 Å². The van der Waals surface area contributed by atoms with Crippen molar-refractivity contribution in [2.24, 2.45) is 0 Å². The van der Waals surface area contributed by atoms with Crippen LogP contribution in [-0.2, 0) is 25.9 Å². The zero-order valence-electron chi connectivity index (χ0n) is 17.1. The second-order valence-electron chi connectivity index (χ2n) is 7.97. The van der Waals surface area contributed by atoms with E-state index in [0.717, 1.165) is 49.4 Å². The van der Waals surface area contributed by atoms with E-state index in [0.29, 0.717) is 39.3 Å². The predicted molar refractivity (Wildman–Crippen MR) is 116 cm³/mol. The first kappa shape index (κ1) is 18.8. The van der Waals surface area contributed by atoms with E-state index in [2.05, 4.69) is 25.5 Å². The maximum Gasteiger partial charge on any atom is 0.214 e. The van der Waals surface area contributed by atoms with Crippen LogP contribution in [0.15, 0.2) is 10.5 Å². The lowest BCUT2D eigenvalue weighted by atomic mass is 9.91.